The second-order valence-corrected chi connectivity index (χ2v) is 7.92. The first kappa shape index (κ1) is 15.2. The molecule has 1 aromatic carbocycles. The van der Waals surface area contributed by atoms with Crippen LogP contribution in [0.15, 0.2) is 39.9 Å². The summed E-state index contributed by atoms with van der Waals surface area (Å²) in [5.41, 5.74) is 1.62. The molecule has 0 aliphatic carbocycles. The van der Waals surface area contributed by atoms with Gasteiger partial charge in [-0.15, -0.1) is 11.3 Å². The summed E-state index contributed by atoms with van der Waals surface area (Å²) in [5.74, 6) is 0.369. The Labute approximate surface area is 134 Å². The zero-order valence-corrected chi connectivity index (χ0v) is 13.9. The number of benzene rings is 1. The number of nitrogens with one attached hydrogen (secondary N) is 1. The molecular formula is C15H18N2O3S2. The van der Waals surface area contributed by atoms with Gasteiger partial charge in [-0.25, -0.2) is 8.42 Å². The zero-order valence-electron chi connectivity index (χ0n) is 12.3. The Hall–Kier alpha value is -1.73. The van der Waals surface area contributed by atoms with Crippen molar-refractivity contribution < 1.29 is 13.2 Å². The summed E-state index contributed by atoms with van der Waals surface area (Å²) in [4.78, 5) is 2.27. The summed E-state index contributed by atoms with van der Waals surface area (Å²) in [5, 5.41) is 1.70. The van der Waals surface area contributed by atoms with Crippen LogP contribution in [0.5, 0.6) is 5.75 Å². The van der Waals surface area contributed by atoms with Gasteiger partial charge in [0.25, 0.3) is 10.0 Å². The minimum atomic E-state index is -3.63. The van der Waals surface area contributed by atoms with Crippen molar-refractivity contribution in [3.05, 3.63) is 35.7 Å². The number of methoxy groups -OCH3 is 1. The van der Waals surface area contributed by atoms with Crippen LogP contribution in [-0.4, -0.2) is 28.6 Å². The Balaban J connectivity index is 1.84. The van der Waals surface area contributed by atoms with Gasteiger partial charge >= 0.3 is 0 Å². The quantitative estimate of drug-likeness (QED) is 0.910. The standard InChI is InChI=1S/C15H18N2O3S2/c1-20-14-7-10-21-15(14)22(18,19)16-12-5-4-6-13(11-12)17-8-2-3-9-17/h4-7,10-11,16H,2-3,8-9H2,1H3. The Morgan fingerprint density at radius 3 is 2.73 bits per heavy atom. The van der Waals surface area contributed by atoms with Crippen molar-refractivity contribution >= 4 is 32.7 Å². The normalized spacial score (nSPS) is 15.0. The van der Waals surface area contributed by atoms with Gasteiger partial charge in [0.1, 0.15) is 5.75 Å². The molecule has 1 aromatic heterocycles. The van der Waals surface area contributed by atoms with Crippen molar-refractivity contribution in [2.75, 3.05) is 29.8 Å². The number of hydrogen-bond acceptors (Lipinski definition) is 5. The zero-order chi connectivity index (χ0) is 15.6. The molecule has 1 saturated heterocycles. The molecule has 5 nitrogen and oxygen atoms in total. The maximum absolute atomic E-state index is 12.5. The molecule has 22 heavy (non-hydrogen) atoms. The van der Waals surface area contributed by atoms with E-state index in [0.717, 1.165) is 30.1 Å². The number of anilines is 2. The Morgan fingerprint density at radius 1 is 1.23 bits per heavy atom. The van der Waals surface area contributed by atoms with Gasteiger partial charge in [-0.3, -0.25) is 4.72 Å². The van der Waals surface area contributed by atoms with E-state index in [9.17, 15) is 8.42 Å². The van der Waals surface area contributed by atoms with Gasteiger partial charge in [-0.1, -0.05) is 6.07 Å². The maximum atomic E-state index is 12.5. The van der Waals surface area contributed by atoms with Crippen molar-refractivity contribution in [1.29, 1.82) is 0 Å². The highest BCUT2D eigenvalue weighted by atomic mass is 32.2. The Bertz CT molecular complexity index is 750. The van der Waals surface area contributed by atoms with Gasteiger partial charge in [0, 0.05) is 18.8 Å². The van der Waals surface area contributed by atoms with Crippen molar-refractivity contribution in [2.45, 2.75) is 17.1 Å². The first-order valence-corrected chi connectivity index (χ1v) is 9.46. The molecule has 0 amide bonds. The molecule has 118 valence electrons. The third-order valence-electron chi connectivity index (χ3n) is 3.63. The number of ether oxygens (including phenoxy) is 1. The molecule has 1 N–H and O–H groups in total. The highest BCUT2D eigenvalue weighted by Gasteiger charge is 2.21. The number of hydrogen-bond donors (Lipinski definition) is 1. The molecule has 2 aromatic rings. The predicted molar refractivity (Wildman–Crippen MR) is 89.6 cm³/mol. The van der Waals surface area contributed by atoms with Crippen LogP contribution in [0.3, 0.4) is 0 Å². The van der Waals surface area contributed by atoms with Crippen LogP contribution in [0.4, 0.5) is 11.4 Å². The highest BCUT2D eigenvalue weighted by Crippen LogP contribution is 2.32. The molecule has 0 radical (unpaired) electrons. The second-order valence-electron chi connectivity index (χ2n) is 5.13. The fraction of sp³-hybridized carbons (Fsp3) is 0.333. The van der Waals surface area contributed by atoms with E-state index in [1.807, 2.05) is 18.2 Å². The van der Waals surface area contributed by atoms with Gasteiger partial charge < -0.3 is 9.64 Å². The molecule has 2 heterocycles. The lowest BCUT2D eigenvalue weighted by Crippen LogP contribution is -2.18. The Kier molecular flexibility index (Phi) is 4.26. The molecule has 0 atom stereocenters. The van der Waals surface area contributed by atoms with Crippen molar-refractivity contribution in [3.8, 4) is 5.75 Å². The average Bonchev–Trinajstić information content (AvgIpc) is 3.18. The van der Waals surface area contributed by atoms with E-state index in [0.29, 0.717) is 11.4 Å². The van der Waals surface area contributed by atoms with E-state index in [2.05, 4.69) is 9.62 Å². The third-order valence-corrected chi connectivity index (χ3v) is 6.46. The predicted octanol–water partition coefficient (Wildman–Crippen LogP) is 3.16. The number of rotatable bonds is 5. The molecule has 1 aliphatic heterocycles. The summed E-state index contributed by atoms with van der Waals surface area (Å²) in [7, 11) is -2.16. The van der Waals surface area contributed by atoms with Crippen LogP contribution in [0, 0.1) is 0 Å². The van der Waals surface area contributed by atoms with Gasteiger partial charge in [0.05, 0.1) is 12.8 Å². The van der Waals surface area contributed by atoms with Crippen molar-refractivity contribution in [2.24, 2.45) is 0 Å². The van der Waals surface area contributed by atoms with Crippen molar-refractivity contribution in [1.82, 2.24) is 0 Å². The molecule has 0 bridgehead atoms. The topological polar surface area (TPSA) is 58.6 Å². The minimum absolute atomic E-state index is 0.196. The van der Waals surface area contributed by atoms with Crippen LogP contribution >= 0.6 is 11.3 Å². The second kappa shape index (κ2) is 6.18. The minimum Gasteiger partial charge on any atom is -0.494 e. The van der Waals surface area contributed by atoms with Crippen molar-refractivity contribution in [3.63, 3.8) is 0 Å². The largest absolute Gasteiger partial charge is 0.494 e. The van der Waals surface area contributed by atoms with E-state index in [1.54, 1.807) is 17.5 Å². The molecule has 1 aliphatic rings. The van der Waals surface area contributed by atoms with Gasteiger partial charge in [0.2, 0.25) is 0 Å². The molecule has 0 spiro atoms. The fourth-order valence-corrected chi connectivity index (χ4v) is 4.90. The van der Waals surface area contributed by atoms with E-state index in [-0.39, 0.29) is 4.21 Å². The Morgan fingerprint density at radius 2 is 2.00 bits per heavy atom. The smallest absolute Gasteiger partial charge is 0.275 e. The van der Waals surface area contributed by atoms with Crippen LogP contribution in [-0.2, 0) is 10.0 Å². The summed E-state index contributed by atoms with van der Waals surface area (Å²) < 4.78 is 32.9. The first-order valence-electron chi connectivity index (χ1n) is 7.09. The number of sulfonamides is 1. The van der Waals surface area contributed by atoms with Gasteiger partial charge in [-0.2, -0.15) is 0 Å². The molecule has 7 heteroatoms. The molecule has 0 unspecified atom stereocenters. The van der Waals surface area contributed by atoms with Gasteiger partial charge in [-0.05, 0) is 42.5 Å². The van der Waals surface area contributed by atoms with E-state index in [1.165, 1.54) is 20.0 Å². The summed E-state index contributed by atoms with van der Waals surface area (Å²) >= 11 is 1.14. The summed E-state index contributed by atoms with van der Waals surface area (Å²) in [6.07, 6.45) is 2.37. The number of thiophene rings is 1. The molecule has 1 fully saturated rings. The highest BCUT2D eigenvalue weighted by molar-refractivity contribution is 7.94. The third kappa shape index (κ3) is 3.05. The summed E-state index contributed by atoms with van der Waals surface area (Å²) in [6.45, 7) is 2.05. The maximum Gasteiger partial charge on any atom is 0.275 e. The van der Waals surface area contributed by atoms with E-state index >= 15 is 0 Å². The van der Waals surface area contributed by atoms with Crippen LogP contribution in [0.25, 0.3) is 0 Å². The fourth-order valence-electron chi connectivity index (χ4n) is 2.57. The molecular weight excluding hydrogens is 320 g/mol. The monoisotopic (exact) mass is 338 g/mol. The average molecular weight is 338 g/mol. The number of nitrogens with zero attached hydrogens (tertiary/aromatic N) is 1. The first-order chi connectivity index (χ1) is 10.6. The van der Waals surface area contributed by atoms with Crippen LogP contribution in [0.2, 0.25) is 0 Å². The van der Waals surface area contributed by atoms with Gasteiger partial charge in [0.15, 0.2) is 4.21 Å². The molecule has 0 saturated carbocycles. The van der Waals surface area contributed by atoms with Crippen LogP contribution < -0.4 is 14.4 Å². The lowest BCUT2D eigenvalue weighted by molar-refractivity contribution is 0.406. The SMILES string of the molecule is COc1ccsc1S(=O)(=O)Nc1cccc(N2CCCC2)c1. The lowest BCUT2D eigenvalue weighted by atomic mass is 10.2. The lowest BCUT2D eigenvalue weighted by Gasteiger charge is -2.18. The van der Waals surface area contributed by atoms with E-state index < -0.39 is 10.0 Å². The van der Waals surface area contributed by atoms with E-state index in [4.69, 9.17) is 4.74 Å². The summed E-state index contributed by atoms with van der Waals surface area (Å²) in [6, 6.07) is 9.17. The van der Waals surface area contributed by atoms with Crippen LogP contribution in [0.1, 0.15) is 12.8 Å². The molecule has 3 rings (SSSR count).